The Hall–Kier alpha value is 0.240. The summed E-state index contributed by atoms with van der Waals surface area (Å²) in [5.41, 5.74) is -4.00. The lowest BCUT2D eigenvalue weighted by Crippen LogP contribution is -2.06. The molecule has 1 aromatic carbocycles. The van der Waals surface area contributed by atoms with Gasteiger partial charge in [0, 0.05) is 8.47 Å². The van der Waals surface area contributed by atoms with Crippen LogP contribution in [0.1, 0.15) is 17.3 Å². The van der Waals surface area contributed by atoms with Crippen molar-refractivity contribution in [2.24, 2.45) is 0 Å². The van der Waals surface area contributed by atoms with Crippen molar-refractivity contribution in [2.75, 3.05) is 0 Å². The first kappa shape index (κ1) is 15.3. The maximum absolute atomic E-state index is 12.3. The molecule has 94 valence electrons. The molecule has 0 spiro atoms. The van der Waals surface area contributed by atoms with E-state index >= 15 is 0 Å². The molecule has 0 bridgehead atoms. The van der Waals surface area contributed by atoms with E-state index < -0.39 is 10.3 Å². The average Bonchev–Trinajstić information content (AvgIpc) is 2.17. The summed E-state index contributed by atoms with van der Waals surface area (Å²) in [5.74, 6) is -0.226. The van der Waals surface area contributed by atoms with E-state index in [1.807, 2.05) is 22.6 Å². The van der Waals surface area contributed by atoms with Gasteiger partial charge in [-0.05, 0) is 65.0 Å². The minimum Gasteiger partial charge on any atom is -0.298 e. The largest absolute Gasteiger partial charge is 0.446 e. The minimum atomic E-state index is -4.36. The van der Waals surface area contributed by atoms with E-state index in [9.17, 15) is 18.0 Å². The summed E-state index contributed by atoms with van der Waals surface area (Å²) in [5, 5.41) is 0. The minimum absolute atomic E-state index is 0.0509. The summed E-state index contributed by atoms with van der Waals surface area (Å²) >= 11 is 4.90. The van der Waals surface area contributed by atoms with Crippen LogP contribution in [-0.4, -0.2) is 11.3 Å². The topological polar surface area (TPSA) is 17.1 Å². The van der Waals surface area contributed by atoms with Crippen molar-refractivity contribution in [3.05, 3.63) is 27.3 Å². The summed E-state index contributed by atoms with van der Waals surface area (Å²) in [6.07, 6.45) is 0. The van der Waals surface area contributed by atoms with Gasteiger partial charge in [-0.3, -0.25) is 4.79 Å². The Labute approximate surface area is 123 Å². The predicted molar refractivity (Wildman–Crippen MR) is 73.4 cm³/mol. The molecule has 0 aliphatic carbocycles. The first-order valence-electron chi connectivity index (χ1n) is 4.40. The maximum atomic E-state index is 12.3. The van der Waals surface area contributed by atoms with Gasteiger partial charge in [-0.2, -0.15) is 13.2 Å². The molecule has 7 heteroatoms. The second-order valence-electron chi connectivity index (χ2n) is 3.20. The predicted octanol–water partition coefficient (Wildman–Crippen LogP) is 4.93. The summed E-state index contributed by atoms with van der Waals surface area (Å²) < 4.78 is 37.8. The molecule has 0 aliphatic rings. The molecular weight excluding hydrogens is 432 g/mol. The molecule has 0 aromatic heterocycles. The quantitative estimate of drug-likeness (QED) is 0.378. The molecule has 0 saturated heterocycles. The third-order valence-electron chi connectivity index (χ3n) is 1.83. The van der Waals surface area contributed by atoms with Crippen LogP contribution in [0.4, 0.5) is 13.2 Å². The second kappa shape index (κ2) is 5.92. The van der Waals surface area contributed by atoms with Gasteiger partial charge < -0.3 is 0 Å². The Balaban J connectivity index is 3.17. The van der Waals surface area contributed by atoms with E-state index in [0.29, 0.717) is 5.56 Å². The van der Waals surface area contributed by atoms with Crippen molar-refractivity contribution in [3.8, 4) is 0 Å². The summed E-state index contributed by atoms with van der Waals surface area (Å²) in [6, 6.07) is 4.54. The van der Waals surface area contributed by atoms with Crippen molar-refractivity contribution in [1.82, 2.24) is 0 Å². The lowest BCUT2D eigenvalue weighted by atomic mass is 10.1. The van der Waals surface area contributed by atoms with Crippen LogP contribution in [-0.2, 0) is 4.79 Å². The van der Waals surface area contributed by atoms with Gasteiger partial charge >= 0.3 is 5.51 Å². The van der Waals surface area contributed by atoms with E-state index in [1.54, 1.807) is 12.1 Å². The van der Waals surface area contributed by atoms with Crippen LogP contribution in [0.3, 0.4) is 0 Å². The molecule has 0 aliphatic heterocycles. The van der Waals surface area contributed by atoms with Crippen LogP contribution in [0.2, 0.25) is 0 Å². The molecule has 0 radical (unpaired) electrons. The Bertz CT molecular complexity index is 436. The molecule has 1 rings (SSSR count). The van der Waals surface area contributed by atoms with Crippen molar-refractivity contribution in [3.63, 3.8) is 0 Å². The SMILES string of the molecule is CC(=O)C(Br)c1cc(I)ccc1SC(F)(F)F. The van der Waals surface area contributed by atoms with Gasteiger partial charge in [-0.25, -0.2) is 0 Å². The molecule has 1 aromatic rings. The summed E-state index contributed by atoms with van der Waals surface area (Å²) in [7, 11) is 0. The van der Waals surface area contributed by atoms with Gasteiger partial charge in [0.1, 0.15) is 5.78 Å². The zero-order valence-electron chi connectivity index (χ0n) is 8.52. The lowest BCUT2D eigenvalue weighted by molar-refractivity contribution is -0.116. The molecule has 1 unspecified atom stereocenters. The van der Waals surface area contributed by atoms with Crippen LogP contribution < -0.4 is 0 Å². The molecule has 0 heterocycles. The monoisotopic (exact) mass is 438 g/mol. The second-order valence-corrected chi connectivity index (χ2v) is 6.47. The number of hydrogen-bond acceptors (Lipinski definition) is 2. The van der Waals surface area contributed by atoms with Gasteiger partial charge in [-0.1, -0.05) is 15.9 Å². The Kier molecular flexibility index (Phi) is 5.33. The van der Waals surface area contributed by atoms with Crippen LogP contribution in [0.5, 0.6) is 0 Å². The van der Waals surface area contributed by atoms with E-state index in [-0.39, 0.29) is 22.4 Å². The Morgan fingerprint density at radius 1 is 1.47 bits per heavy atom. The third kappa shape index (κ3) is 4.78. The molecule has 0 saturated carbocycles. The zero-order valence-corrected chi connectivity index (χ0v) is 13.1. The maximum Gasteiger partial charge on any atom is 0.446 e. The molecule has 0 N–H and O–H groups in total. The van der Waals surface area contributed by atoms with Crippen molar-refractivity contribution >= 4 is 56.1 Å². The summed E-state index contributed by atoms with van der Waals surface area (Å²) in [6.45, 7) is 1.33. The molecule has 17 heavy (non-hydrogen) atoms. The first-order valence-corrected chi connectivity index (χ1v) is 7.21. The normalized spacial score (nSPS) is 13.5. The lowest BCUT2D eigenvalue weighted by Gasteiger charge is -2.14. The fraction of sp³-hybridized carbons (Fsp3) is 0.300. The van der Waals surface area contributed by atoms with Crippen LogP contribution in [0.25, 0.3) is 0 Å². The fourth-order valence-electron chi connectivity index (χ4n) is 1.15. The number of Topliss-reactive ketones (excluding diaryl/α,β-unsaturated/α-hetero) is 1. The number of carbonyl (C=O) groups excluding carboxylic acids is 1. The van der Waals surface area contributed by atoms with Crippen molar-refractivity contribution in [1.29, 1.82) is 0 Å². The fourth-order valence-corrected chi connectivity index (χ4v) is 2.88. The Morgan fingerprint density at radius 3 is 2.53 bits per heavy atom. The average molecular weight is 439 g/mol. The molecule has 0 amide bonds. The van der Waals surface area contributed by atoms with Gasteiger partial charge in [-0.15, -0.1) is 0 Å². The number of thioether (sulfide) groups is 1. The first-order chi connectivity index (χ1) is 7.70. The number of rotatable bonds is 3. The third-order valence-corrected chi connectivity index (χ3v) is 4.46. The van der Waals surface area contributed by atoms with E-state index in [1.165, 1.54) is 13.0 Å². The van der Waals surface area contributed by atoms with Gasteiger partial charge in [0.2, 0.25) is 0 Å². The van der Waals surface area contributed by atoms with Crippen LogP contribution in [0, 0.1) is 3.57 Å². The highest BCUT2D eigenvalue weighted by Crippen LogP contribution is 2.42. The number of halogens is 5. The molecular formula is C10H7BrF3IOS. The zero-order chi connectivity index (χ0) is 13.2. The number of alkyl halides is 4. The molecule has 0 fully saturated rings. The Morgan fingerprint density at radius 2 is 2.06 bits per heavy atom. The van der Waals surface area contributed by atoms with Crippen molar-refractivity contribution < 1.29 is 18.0 Å². The van der Waals surface area contributed by atoms with E-state index in [0.717, 1.165) is 3.57 Å². The van der Waals surface area contributed by atoms with Gasteiger partial charge in [0.15, 0.2) is 0 Å². The highest BCUT2D eigenvalue weighted by atomic mass is 127. The number of benzene rings is 1. The van der Waals surface area contributed by atoms with Gasteiger partial charge in [0.05, 0.1) is 4.83 Å². The smallest absolute Gasteiger partial charge is 0.298 e. The van der Waals surface area contributed by atoms with Crippen LogP contribution in [0.15, 0.2) is 23.1 Å². The summed E-state index contributed by atoms with van der Waals surface area (Å²) in [4.78, 5) is 10.6. The standard InChI is InChI=1S/C10H7BrF3IOS/c1-5(16)9(11)7-4-6(15)2-3-8(7)17-10(12,13)14/h2-4,9H,1H3. The van der Waals surface area contributed by atoms with Gasteiger partial charge in [0.25, 0.3) is 0 Å². The highest BCUT2D eigenvalue weighted by molar-refractivity contribution is 14.1. The van der Waals surface area contributed by atoms with Crippen LogP contribution >= 0.6 is 50.3 Å². The number of hydrogen-bond donors (Lipinski definition) is 0. The number of carbonyl (C=O) groups is 1. The highest BCUT2D eigenvalue weighted by Gasteiger charge is 2.31. The molecule has 1 nitrogen and oxygen atoms in total. The van der Waals surface area contributed by atoms with Crippen molar-refractivity contribution in [2.45, 2.75) is 22.2 Å². The number of ketones is 1. The molecule has 1 atom stereocenters. The van der Waals surface area contributed by atoms with E-state index in [2.05, 4.69) is 15.9 Å². The van der Waals surface area contributed by atoms with E-state index in [4.69, 9.17) is 0 Å².